The van der Waals surface area contributed by atoms with Crippen LogP contribution in [0, 0.1) is 0 Å². The highest BCUT2D eigenvalue weighted by Gasteiger charge is 2.43. The van der Waals surface area contributed by atoms with Crippen molar-refractivity contribution in [2.75, 3.05) is 19.6 Å². The number of halogens is 1. The van der Waals surface area contributed by atoms with Gasteiger partial charge in [0.15, 0.2) is 0 Å². The molecule has 4 rings (SSSR count). The molecule has 0 bridgehead atoms. The molecule has 2 aliphatic rings. The first-order valence-corrected chi connectivity index (χ1v) is 8.26. The quantitative estimate of drug-likeness (QED) is 0.763. The number of aryl methyl sites for hydroxylation is 1. The minimum atomic E-state index is -0.382. The molecular weight excluding hydrogens is 378 g/mol. The predicted molar refractivity (Wildman–Crippen MR) is 88.4 cm³/mol. The Kier molecular flexibility index (Phi) is 3.34. The summed E-state index contributed by atoms with van der Waals surface area (Å²) in [5.74, 6) is -0.390. The Balaban J connectivity index is 1.55. The highest BCUT2D eigenvalue weighted by molar-refractivity contribution is 9.10. The Morgan fingerprint density at radius 3 is 2.75 bits per heavy atom. The zero-order chi connectivity index (χ0) is 17.0. The maximum absolute atomic E-state index is 12.8. The standard InChI is InChI=1S/C15H14BrN5O3/c1-19-13(10-3-2-8(16)4-11(10)18-19)14(23)20-6-9(7-20)21-12(22)5-17-15(21)24/h2-4,9H,5-7H2,1H3,(H,17,24). The topological polar surface area (TPSA) is 87.5 Å². The fourth-order valence-electron chi connectivity index (χ4n) is 3.17. The lowest BCUT2D eigenvalue weighted by Crippen LogP contribution is -2.62. The highest BCUT2D eigenvalue weighted by Crippen LogP contribution is 2.26. The Morgan fingerprint density at radius 1 is 1.33 bits per heavy atom. The number of benzene rings is 1. The smallest absolute Gasteiger partial charge is 0.324 e. The molecule has 0 unspecified atom stereocenters. The van der Waals surface area contributed by atoms with Crippen LogP contribution in [0.4, 0.5) is 4.79 Å². The van der Waals surface area contributed by atoms with Gasteiger partial charge < -0.3 is 10.2 Å². The summed E-state index contributed by atoms with van der Waals surface area (Å²) in [5, 5.41) is 7.64. The van der Waals surface area contributed by atoms with E-state index in [1.807, 2.05) is 18.2 Å². The van der Waals surface area contributed by atoms with E-state index in [4.69, 9.17) is 0 Å². The monoisotopic (exact) mass is 391 g/mol. The fourth-order valence-corrected chi connectivity index (χ4v) is 3.51. The third kappa shape index (κ3) is 2.19. The number of likely N-dealkylation sites (tertiary alicyclic amines) is 1. The molecule has 2 aliphatic heterocycles. The van der Waals surface area contributed by atoms with Crippen molar-refractivity contribution in [3.63, 3.8) is 0 Å². The number of hydrogen-bond donors (Lipinski definition) is 1. The van der Waals surface area contributed by atoms with E-state index >= 15 is 0 Å². The minimum absolute atomic E-state index is 0.0323. The number of nitrogens with one attached hydrogen (secondary N) is 1. The van der Waals surface area contributed by atoms with Gasteiger partial charge in [0.25, 0.3) is 5.91 Å². The van der Waals surface area contributed by atoms with Crippen LogP contribution in [0.2, 0.25) is 0 Å². The fraction of sp³-hybridized carbons (Fsp3) is 0.333. The van der Waals surface area contributed by atoms with Gasteiger partial charge in [-0.3, -0.25) is 19.2 Å². The number of imide groups is 1. The average Bonchev–Trinajstić information content (AvgIpc) is 2.97. The van der Waals surface area contributed by atoms with Gasteiger partial charge >= 0.3 is 6.03 Å². The second-order valence-electron chi connectivity index (χ2n) is 5.92. The van der Waals surface area contributed by atoms with Crippen molar-refractivity contribution in [2.24, 2.45) is 7.05 Å². The summed E-state index contributed by atoms with van der Waals surface area (Å²) < 4.78 is 2.47. The van der Waals surface area contributed by atoms with Crippen LogP contribution in [0.15, 0.2) is 22.7 Å². The van der Waals surface area contributed by atoms with Gasteiger partial charge in [-0.05, 0) is 18.2 Å². The van der Waals surface area contributed by atoms with Gasteiger partial charge in [0.2, 0.25) is 5.91 Å². The molecule has 1 aromatic carbocycles. The number of rotatable bonds is 2. The molecule has 9 heteroatoms. The van der Waals surface area contributed by atoms with Crippen molar-refractivity contribution in [3.8, 4) is 0 Å². The second kappa shape index (κ2) is 5.30. The first kappa shape index (κ1) is 15.1. The zero-order valence-electron chi connectivity index (χ0n) is 12.8. The van der Waals surface area contributed by atoms with Crippen LogP contribution < -0.4 is 5.32 Å². The summed E-state index contributed by atoms with van der Waals surface area (Å²) in [6.07, 6.45) is 0. The van der Waals surface area contributed by atoms with E-state index in [0.29, 0.717) is 18.8 Å². The Hall–Kier alpha value is -2.42. The molecular formula is C15H14BrN5O3. The summed E-state index contributed by atoms with van der Waals surface area (Å²) >= 11 is 3.39. The SMILES string of the molecule is Cn1nc2cc(Br)ccc2c1C(=O)N1CC(N2C(=O)CNC2=O)C1. The van der Waals surface area contributed by atoms with E-state index in [9.17, 15) is 14.4 Å². The largest absolute Gasteiger partial charge is 0.333 e. The van der Waals surface area contributed by atoms with E-state index < -0.39 is 0 Å². The molecule has 2 fully saturated rings. The van der Waals surface area contributed by atoms with Crippen LogP contribution >= 0.6 is 15.9 Å². The lowest BCUT2D eigenvalue weighted by atomic mass is 10.1. The number of carbonyl (C=O) groups excluding carboxylic acids is 3. The molecule has 2 aromatic rings. The molecule has 4 amide bonds. The molecule has 124 valence electrons. The Labute approximate surface area is 145 Å². The van der Waals surface area contributed by atoms with Gasteiger partial charge in [-0.1, -0.05) is 15.9 Å². The molecule has 0 aliphatic carbocycles. The van der Waals surface area contributed by atoms with Crippen LogP contribution in [0.5, 0.6) is 0 Å². The first-order valence-electron chi connectivity index (χ1n) is 7.47. The van der Waals surface area contributed by atoms with E-state index in [-0.39, 0.29) is 30.4 Å². The van der Waals surface area contributed by atoms with E-state index in [0.717, 1.165) is 15.4 Å². The minimum Gasteiger partial charge on any atom is -0.333 e. The molecule has 1 N–H and O–H groups in total. The summed E-state index contributed by atoms with van der Waals surface area (Å²) in [6, 6.07) is 4.95. The van der Waals surface area contributed by atoms with Gasteiger partial charge in [0.1, 0.15) is 5.69 Å². The molecule has 0 radical (unpaired) electrons. The normalized spacial score (nSPS) is 18.2. The molecule has 0 atom stereocenters. The summed E-state index contributed by atoms with van der Waals surface area (Å²) in [4.78, 5) is 39.0. The van der Waals surface area contributed by atoms with Gasteiger partial charge in [-0.25, -0.2) is 4.79 Å². The lowest BCUT2D eigenvalue weighted by molar-refractivity contribution is -0.128. The highest BCUT2D eigenvalue weighted by atomic mass is 79.9. The van der Waals surface area contributed by atoms with Crippen LogP contribution in [0.25, 0.3) is 10.9 Å². The van der Waals surface area contributed by atoms with Crippen molar-refractivity contribution in [3.05, 3.63) is 28.4 Å². The van der Waals surface area contributed by atoms with Crippen LogP contribution in [0.3, 0.4) is 0 Å². The van der Waals surface area contributed by atoms with Gasteiger partial charge in [0.05, 0.1) is 18.1 Å². The number of aromatic nitrogens is 2. The average molecular weight is 392 g/mol. The predicted octanol–water partition coefficient (Wildman–Crippen LogP) is 0.712. The number of hydrogen-bond acceptors (Lipinski definition) is 4. The van der Waals surface area contributed by atoms with Gasteiger partial charge in [-0.2, -0.15) is 5.10 Å². The molecule has 1 aromatic heterocycles. The number of fused-ring (bicyclic) bond motifs is 1. The van der Waals surface area contributed by atoms with Crippen molar-refractivity contribution in [2.45, 2.75) is 6.04 Å². The second-order valence-corrected chi connectivity index (χ2v) is 6.84. The summed E-state index contributed by atoms with van der Waals surface area (Å²) in [6.45, 7) is 0.729. The number of carbonyl (C=O) groups is 3. The molecule has 8 nitrogen and oxygen atoms in total. The molecule has 2 saturated heterocycles. The lowest BCUT2D eigenvalue weighted by Gasteiger charge is -2.42. The van der Waals surface area contributed by atoms with Crippen molar-refractivity contribution in [1.82, 2.24) is 24.9 Å². The van der Waals surface area contributed by atoms with E-state index in [1.54, 1.807) is 16.6 Å². The van der Waals surface area contributed by atoms with Crippen molar-refractivity contribution < 1.29 is 14.4 Å². The van der Waals surface area contributed by atoms with E-state index in [1.165, 1.54) is 4.90 Å². The van der Waals surface area contributed by atoms with Crippen molar-refractivity contribution >= 4 is 44.7 Å². The van der Waals surface area contributed by atoms with Crippen LogP contribution in [-0.2, 0) is 11.8 Å². The number of amides is 4. The third-order valence-corrected chi connectivity index (χ3v) is 4.89. The van der Waals surface area contributed by atoms with Crippen LogP contribution in [-0.4, -0.2) is 63.1 Å². The maximum atomic E-state index is 12.8. The maximum Gasteiger partial charge on any atom is 0.324 e. The van der Waals surface area contributed by atoms with Gasteiger partial charge in [-0.15, -0.1) is 0 Å². The molecule has 0 saturated carbocycles. The summed E-state index contributed by atoms with van der Waals surface area (Å²) in [5.41, 5.74) is 1.24. The first-order chi connectivity index (χ1) is 11.5. The van der Waals surface area contributed by atoms with Gasteiger partial charge in [0, 0.05) is 30.0 Å². The van der Waals surface area contributed by atoms with Crippen LogP contribution in [0.1, 0.15) is 10.5 Å². The molecule has 0 spiro atoms. The van der Waals surface area contributed by atoms with E-state index in [2.05, 4.69) is 26.3 Å². The Bertz CT molecular complexity index is 871. The Morgan fingerprint density at radius 2 is 2.08 bits per heavy atom. The zero-order valence-corrected chi connectivity index (χ0v) is 14.4. The third-order valence-electron chi connectivity index (χ3n) is 4.39. The molecule has 3 heterocycles. The number of urea groups is 1. The van der Waals surface area contributed by atoms with Crippen molar-refractivity contribution in [1.29, 1.82) is 0 Å². The number of nitrogens with zero attached hydrogens (tertiary/aromatic N) is 4. The summed E-state index contributed by atoms with van der Waals surface area (Å²) in [7, 11) is 1.73. The molecule has 24 heavy (non-hydrogen) atoms.